The number of amides is 1. The molecule has 1 fully saturated rings. The van der Waals surface area contributed by atoms with Gasteiger partial charge in [0.05, 0.1) is 0 Å². The lowest BCUT2D eigenvalue weighted by atomic mass is 9.89. The van der Waals surface area contributed by atoms with E-state index in [1.165, 1.54) is 6.92 Å². The standard InChI is InChI=1S/C18H18F2N4O2/c1-17(15(25)24(16(22)23-17)10-18(19,20)26)13-6-2-4-11(8-13)12-5-3-7-14(21)9-12/h2-9,26H,10,21H2,1H3,(H2,22,23). The van der Waals surface area contributed by atoms with Crippen LogP contribution in [0.5, 0.6) is 0 Å². The first-order chi connectivity index (χ1) is 12.1. The highest BCUT2D eigenvalue weighted by molar-refractivity contribution is 6.08. The zero-order valence-electron chi connectivity index (χ0n) is 14.0. The van der Waals surface area contributed by atoms with Gasteiger partial charge in [0.2, 0.25) is 0 Å². The van der Waals surface area contributed by atoms with Crippen molar-refractivity contribution in [3.05, 3.63) is 54.1 Å². The van der Waals surface area contributed by atoms with Crippen molar-refractivity contribution in [3.8, 4) is 11.1 Å². The van der Waals surface area contributed by atoms with Crippen molar-refractivity contribution in [1.82, 2.24) is 10.2 Å². The van der Waals surface area contributed by atoms with E-state index in [4.69, 9.17) is 16.2 Å². The van der Waals surface area contributed by atoms with E-state index in [2.05, 4.69) is 5.32 Å². The van der Waals surface area contributed by atoms with Crippen molar-refractivity contribution >= 4 is 17.6 Å². The van der Waals surface area contributed by atoms with Gasteiger partial charge in [0, 0.05) is 5.69 Å². The minimum Gasteiger partial charge on any atom is -0.399 e. The largest absolute Gasteiger partial charge is 0.399 e. The van der Waals surface area contributed by atoms with Gasteiger partial charge in [-0.15, -0.1) is 0 Å². The number of nitrogens with two attached hydrogens (primary N) is 1. The molecule has 2 aromatic rings. The molecule has 5 N–H and O–H groups in total. The third-order valence-electron chi connectivity index (χ3n) is 4.32. The predicted octanol–water partition coefficient (Wildman–Crippen LogP) is 2.10. The first-order valence-corrected chi connectivity index (χ1v) is 7.85. The van der Waals surface area contributed by atoms with Gasteiger partial charge in [0.25, 0.3) is 5.91 Å². The van der Waals surface area contributed by atoms with Crippen LogP contribution in [0, 0.1) is 5.41 Å². The van der Waals surface area contributed by atoms with Crippen LogP contribution in [0.3, 0.4) is 0 Å². The summed E-state index contributed by atoms with van der Waals surface area (Å²) in [6.07, 6.45) is -4.09. The Balaban J connectivity index is 1.97. The molecular formula is C18H18F2N4O2. The van der Waals surface area contributed by atoms with Gasteiger partial charge in [0.1, 0.15) is 12.1 Å². The molecule has 3 rings (SSSR count). The van der Waals surface area contributed by atoms with Crippen LogP contribution in [0.2, 0.25) is 0 Å². The number of aliphatic hydroxyl groups is 1. The summed E-state index contributed by atoms with van der Waals surface area (Å²) in [4.78, 5) is 13.2. The zero-order valence-corrected chi connectivity index (χ0v) is 14.0. The molecule has 0 spiro atoms. The van der Waals surface area contributed by atoms with Crippen molar-refractivity contribution in [2.45, 2.75) is 18.6 Å². The van der Waals surface area contributed by atoms with E-state index in [1.54, 1.807) is 36.4 Å². The highest BCUT2D eigenvalue weighted by atomic mass is 19.3. The number of β-amino-alcohol motifs (C(OH)–C–C–N with tert-alkyl or cyclic N) is 1. The topological polar surface area (TPSA) is 102 Å². The van der Waals surface area contributed by atoms with E-state index in [-0.39, 0.29) is 0 Å². The molecule has 2 aromatic carbocycles. The summed E-state index contributed by atoms with van der Waals surface area (Å²) in [6, 6.07) is 14.2. The second kappa shape index (κ2) is 6.06. The van der Waals surface area contributed by atoms with Crippen molar-refractivity contribution in [2.24, 2.45) is 0 Å². The average molecular weight is 360 g/mol. The molecule has 1 aliphatic rings. The molecule has 1 amide bonds. The monoisotopic (exact) mass is 360 g/mol. The third kappa shape index (κ3) is 3.23. The molecule has 1 saturated heterocycles. The van der Waals surface area contributed by atoms with Gasteiger partial charge in [-0.05, 0) is 41.8 Å². The Bertz CT molecular complexity index is 881. The maximum absolute atomic E-state index is 12.9. The Morgan fingerprint density at radius 1 is 1.23 bits per heavy atom. The lowest BCUT2D eigenvalue weighted by molar-refractivity contribution is -0.205. The van der Waals surface area contributed by atoms with Crippen LogP contribution in [0.25, 0.3) is 11.1 Å². The van der Waals surface area contributed by atoms with E-state index in [0.717, 1.165) is 11.1 Å². The quantitative estimate of drug-likeness (QED) is 0.627. The molecule has 1 atom stereocenters. The number of halogens is 2. The molecule has 136 valence electrons. The highest BCUT2D eigenvalue weighted by Crippen LogP contribution is 2.32. The Kier molecular flexibility index (Phi) is 4.15. The number of benzene rings is 2. The summed E-state index contributed by atoms with van der Waals surface area (Å²) in [6.45, 7) is 0.236. The second-order valence-corrected chi connectivity index (χ2v) is 6.36. The van der Waals surface area contributed by atoms with Gasteiger partial charge in [-0.1, -0.05) is 30.3 Å². The number of guanidine groups is 1. The molecule has 1 aliphatic heterocycles. The molecular weight excluding hydrogens is 342 g/mol. The second-order valence-electron chi connectivity index (χ2n) is 6.36. The molecule has 0 saturated carbocycles. The number of nitrogen functional groups attached to an aromatic ring is 1. The van der Waals surface area contributed by atoms with E-state index in [1.807, 2.05) is 12.1 Å². The first kappa shape index (κ1) is 17.8. The maximum atomic E-state index is 12.9. The van der Waals surface area contributed by atoms with E-state index in [9.17, 15) is 13.6 Å². The summed E-state index contributed by atoms with van der Waals surface area (Å²) in [5, 5.41) is 19.2. The lowest BCUT2D eigenvalue weighted by Gasteiger charge is -2.24. The lowest BCUT2D eigenvalue weighted by Crippen LogP contribution is -2.43. The van der Waals surface area contributed by atoms with Crippen LogP contribution < -0.4 is 11.1 Å². The zero-order chi connectivity index (χ0) is 19.1. The number of carbonyl (C=O) groups excluding carboxylic acids is 1. The fourth-order valence-electron chi connectivity index (χ4n) is 2.99. The van der Waals surface area contributed by atoms with E-state index in [0.29, 0.717) is 16.2 Å². The van der Waals surface area contributed by atoms with Gasteiger partial charge in [-0.3, -0.25) is 15.1 Å². The number of hydrogen-bond donors (Lipinski definition) is 4. The summed E-state index contributed by atoms with van der Waals surface area (Å²) in [5.74, 6) is -1.22. The molecule has 26 heavy (non-hydrogen) atoms. The number of carbonyl (C=O) groups is 1. The maximum Gasteiger partial charge on any atom is 0.371 e. The number of nitrogens with one attached hydrogen (secondary N) is 2. The summed E-state index contributed by atoms with van der Waals surface area (Å²) in [5.41, 5.74) is 7.15. The van der Waals surface area contributed by atoms with Crippen molar-refractivity contribution < 1.29 is 18.7 Å². The molecule has 1 unspecified atom stereocenters. The Morgan fingerprint density at radius 2 is 1.85 bits per heavy atom. The normalized spacial score (nSPS) is 20.4. The number of hydrogen-bond acceptors (Lipinski definition) is 4. The first-order valence-electron chi connectivity index (χ1n) is 7.85. The summed E-state index contributed by atoms with van der Waals surface area (Å²) >= 11 is 0. The van der Waals surface area contributed by atoms with Gasteiger partial charge >= 0.3 is 6.11 Å². The molecule has 0 aliphatic carbocycles. The van der Waals surface area contributed by atoms with Crippen LogP contribution in [0.4, 0.5) is 14.5 Å². The van der Waals surface area contributed by atoms with Crippen LogP contribution in [0.15, 0.2) is 48.5 Å². The number of nitrogens with zero attached hydrogens (tertiary/aromatic N) is 1. The van der Waals surface area contributed by atoms with E-state index >= 15 is 0 Å². The fourth-order valence-corrected chi connectivity index (χ4v) is 2.99. The van der Waals surface area contributed by atoms with Crippen LogP contribution in [-0.2, 0) is 10.3 Å². The Labute approximate surface area is 148 Å². The third-order valence-corrected chi connectivity index (χ3v) is 4.32. The van der Waals surface area contributed by atoms with Gasteiger partial charge < -0.3 is 16.2 Å². The number of alkyl halides is 2. The van der Waals surface area contributed by atoms with E-state index < -0.39 is 30.1 Å². The van der Waals surface area contributed by atoms with Crippen LogP contribution in [-0.4, -0.2) is 34.5 Å². The van der Waals surface area contributed by atoms with Crippen molar-refractivity contribution in [1.29, 1.82) is 5.41 Å². The fraction of sp³-hybridized carbons (Fsp3) is 0.222. The summed E-state index contributed by atoms with van der Waals surface area (Å²) < 4.78 is 25.8. The smallest absolute Gasteiger partial charge is 0.371 e. The molecule has 0 aromatic heterocycles. The Morgan fingerprint density at radius 3 is 2.46 bits per heavy atom. The van der Waals surface area contributed by atoms with Crippen LogP contribution in [0.1, 0.15) is 12.5 Å². The van der Waals surface area contributed by atoms with Crippen molar-refractivity contribution in [3.63, 3.8) is 0 Å². The molecule has 6 nitrogen and oxygen atoms in total. The van der Waals surface area contributed by atoms with Crippen molar-refractivity contribution in [2.75, 3.05) is 12.3 Å². The highest BCUT2D eigenvalue weighted by Gasteiger charge is 2.49. The Hall–Kier alpha value is -3.00. The molecule has 8 heteroatoms. The van der Waals surface area contributed by atoms with Gasteiger partial charge in [0.15, 0.2) is 5.96 Å². The van der Waals surface area contributed by atoms with Gasteiger partial charge in [-0.25, -0.2) is 0 Å². The van der Waals surface area contributed by atoms with Crippen LogP contribution >= 0.6 is 0 Å². The summed E-state index contributed by atoms with van der Waals surface area (Å²) in [7, 11) is 0. The minimum atomic E-state index is -4.09. The SMILES string of the molecule is CC1(c2cccc(-c3cccc(N)c3)c2)NC(=N)N(CC(O)(F)F)C1=O. The minimum absolute atomic E-state index is 0.486. The molecule has 0 bridgehead atoms. The number of rotatable bonds is 4. The average Bonchev–Trinajstić information content (AvgIpc) is 2.78. The molecule has 0 radical (unpaired) electrons. The molecule has 1 heterocycles. The number of anilines is 1. The predicted molar refractivity (Wildman–Crippen MR) is 93.4 cm³/mol. The van der Waals surface area contributed by atoms with Gasteiger partial charge in [-0.2, -0.15) is 8.78 Å².